The van der Waals surface area contributed by atoms with Crippen LogP contribution in [0.1, 0.15) is 20.8 Å². The van der Waals surface area contributed by atoms with E-state index in [0.717, 1.165) is 16.6 Å². The number of nitrogens with one attached hydrogen (secondary N) is 2. The van der Waals surface area contributed by atoms with Crippen LogP contribution in [0.3, 0.4) is 0 Å². The molecule has 4 rings (SSSR count). The number of methoxy groups -OCH3 is 1. The number of esters is 1. The Morgan fingerprint density at radius 2 is 1.67 bits per heavy atom. The van der Waals surface area contributed by atoms with Crippen LogP contribution >= 0.6 is 0 Å². The predicted molar refractivity (Wildman–Crippen MR) is 113 cm³/mol. The number of hydrogen-bond acceptors (Lipinski definition) is 7. The molecule has 0 saturated heterocycles. The number of hydrogen-bond donors (Lipinski definition) is 2. The molecule has 0 unspecified atom stereocenters. The van der Waals surface area contributed by atoms with Gasteiger partial charge in [0.15, 0.2) is 11.5 Å². The molecule has 30 heavy (non-hydrogen) atoms. The van der Waals surface area contributed by atoms with Gasteiger partial charge in [-0.15, -0.1) is 10.2 Å². The lowest BCUT2D eigenvalue weighted by atomic mass is 10.1. The Labute approximate surface area is 171 Å². The van der Waals surface area contributed by atoms with Crippen molar-refractivity contribution in [1.82, 2.24) is 15.2 Å². The molecular formula is C22H17N5O3. The van der Waals surface area contributed by atoms with Crippen molar-refractivity contribution >= 4 is 40.0 Å². The molecule has 4 aromatic rings. The summed E-state index contributed by atoms with van der Waals surface area (Å²) in [6.07, 6.45) is 1.72. The van der Waals surface area contributed by atoms with E-state index in [1.807, 2.05) is 30.3 Å². The van der Waals surface area contributed by atoms with Gasteiger partial charge in [0.1, 0.15) is 0 Å². The molecule has 0 aliphatic carbocycles. The van der Waals surface area contributed by atoms with E-state index in [-0.39, 0.29) is 11.3 Å². The summed E-state index contributed by atoms with van der Waals surface area (Å²) >= 11 is 0. The van der Waals surface area contributed by atoms with Gasteiger partial charge in [-0.3, -0.25) is 9.78 Å². The minimum atomic E-state index is -0.541. The average molecular weight is 399 g/mol. The number of rotatable bonds is 5. The van der Waals surface area contributed by atoms with Gasteiger partial charge in [0, 0.05) is 11.6 Å². The molecular weight excluding hydrogens is 382 g/mol. The zero-order chi connectivity index (χ0) is 20.9. The first-order valence-electron chi connectivity index (χ1n) is 9.09. The molecule has 2 heterocycles. The topological polar surface area (TPSA) is 106 Å². The highest BCUT2D eigenvalue weighted by molar-refractivity contribution is 6.07. The van der Waals surface area contributed by atoms with Crippen LogP contribution in [0.25, 0.3) is 10.9 Å². The number of benzene rings is 2. The van der Waals surface area contributed by atoms with Crippen LogP contribution < -0.4 is 10.6 Å². The minimum absolute atomic E-state index is 0.108. The number of fused-ring (bicyclic) bond motifs is 1. The van der Waals surface area contributed by atoms with Gasteiger partial charge in [0.25, 0.3) is 5.91 Å². The minimum Gasteiger partial charge on any atom is -0.465 e. The van der Waals surface area contributed by atoms with Crippen molar-refractivity contribution in [1.29, 1.82) is 0 Å². The number of para-hydroxylation sites is 2. The average Bonchev–Trinajstić information content (AvgIpc) is 2.79. The van der Waals surface area contributed by atoms with Crippen molar-refractivity contribution in [2.45, 2.75) is 0 Å². The van der Waals surface area contributed by atoms with E-state index in [0.29, 0.717) is 11.5 Å². The molecule has 2 aromatic carbocycles. The fraction of sp³-hybridized carbons (Fsp3) is 0.0455. The van der Waals surface area contributed by atoms with Gasteiger partial charge in [-0.05, 0) is 36.4 Å². The highest BCUT2D eigenvalue weighted by Crippen LogP contribution is 2.23. The maximum absolute atomic E-state index is 12.5. The molecule has 148 valence electrons. The number of carbonyl (C=O) groups excluding carboxylic acids is 2. The molecule has 0 aliphatic rings. The Kier molecular flexibility index (Phi) is 5.29. The first kappa shape index (κ1) is 19.0. The zero-order valence-electron chi connectivity index (χ0n) is 16.0. The zero-order valence-corrected chi connectivity index (χ0v) is 16.0. The second-order valence-corrected chi connectivity index (χ2v) is 6.30. The lowest BCUT2D eigenvalue weighted by molar-refractivity contribution is 0.0602. The van der Waals surface area contributed by atoms with Crippen molar-refractivity contribution in [2.24, 2.45) is 0 Å². The van der Waals surface area contributed by atoms with Gasteiger partial charge in [-0.25, -0.2) is 4.79 Å². The predicted octanol–water partition coefficient (Wildman–Crippen LogP) is 3.81. The van der Waals surface area contributed by atoms with Crippen LogP contribution in [0.5, 0.6) is 0 Å². The maximum Gasteiger partial charge on any atom is 0.339 e. The number of amides is 1. The first-order chi connectivity index (χ1) is 14.7. The summed E-state index contributed by atoms with van der Waals surface area (Å²) in [5, 5.41) is 14.9. The van der Waals surface area contributed by atoms with Gasteiger partial charge >= 0.3 is 5.97 Å². The molecule has 0 radical (unpaired) electrons. The number of ether oxygens (including phenoxy) is 1. The van der Waals surface area contributed by atoms with Gasteiger partial charge in [-0.2, -0.15) is 0 Å². The van der Waals surface area contributed by atoms with E-state index in [2.05, 4.69) is 25.8 Å². The second kappa shape index (κ2) is 8.36. The summed E-state index contributed by atoms with van der Waals surface area (Å²) in [4.78, 5) is 28.8. The smallest absolute Gasteiger partial charge is 0.339 e. The Bertz CT molecular complexity index is 1220. The number of carbonyl (C=O) groups is 2. The lowest BCUT2D eigenvalue weighted by Gasteiger charge is -2.10. The van der Waals surface area contributed by atoms with Crippen molar-refractivity contribution < 1.29 is 14.3 Å². The molecule has 0 aliphatic heterocycles. The summed E-state index contributed by atoms with van der Waals surface area (Å²) in [7, 11) is 1.28. The van der Waals surface area contributed by atoms with E-state index in [1.165, 1.54) is 7.11 Å². The molecule has 8 nitrogen and oxygen atoms in total. The molecule has 8 heteroatoms. The van der Waals surface area contributed by atoms with Crippen LogP contribution in [-0.4, -0.2) is 34.2 Å². The Balaban J connectivity index is 1.51. The van der Waals surface area contributed by atoms with Crippen LogP contribution in [0.15, 0.2) is 72.9 Å². The summed E-state index contributed by atoms with van der Waals surface area (Å²) in [6.45, 7) is 0. The van der Waals surface area contributed by atoms with E-state index in [1.54, 1.807) is 42.6 Å². The molecule has 0 spiro atoms. The third-order valence-corrected chi connectivity index (χ3v) is 4.37. The summed E-state index contributed by atoms with van der Waals surface area (Å²) in [6, 6.07) is 19.4. The molecule has 0 saturated carbocycles. The van der Waals surface area contributed by atoms with Crippen LogP contribution in [0, 0.1) is 0 Å². The maximum atomic E-state index is 12.5. The van der Waals surface area contributed by atoms with E-state index in [9.17, 15) is 9.59 Å². The molecule has 0 fully saturated rings. The van der Waals surface area contributed by atoms with E-state index in [4.69, 9.17) is 4.74 Å². The number of aromatic nitrogens is 3. The third kappa shape index (κ3) is 3.93. The van der Waals surface area contributed by atoms with Gasteiger partial charge < -0.3 is 15.4 Å². The Morgan fingerprint density at radius 1 is 0.867 bits per heavy atom. The van der Waals surface area contributed by atoms with Crippen LogP contribution in [0.4, 0.5) is 17.2 Å². The largest absolute Gasteiger partial charge is 0.465 e. The van der Waals surface area contributed by atoms with Crippen LogP contribution in [-0.2, 0) is 4.74 Å². The summed E-state index contributed by atoms with van der Waals surface area (Å²) < 4.78 is 4.74. The van der Waals surface area contributed by atoms with E-state index >= 15 is 0 Å². The van der Waals surface area contributed by atoms with Gasteiger partial charge in [-0.1, -0.05) is 30.3 Å². The van der Waals surface area contributed by atoms with Crippen molar-refractivity contribution in [2.75, 3.05) is 17.7 Å². The highest BCUT2D eigenvalue weighted by atomic mass is 16.5. The second-order valence-electron chi connectivity index (χ2n) is 6.30. The quantitative estimate of drug-likeness (QED) is 0.492. The van der Waals surface area contributed by atoms with Crippen LogP contribution in [0.2, 0.25) is 0 Å². The van der Waals surface area contributed by atoms with Crippen molar-refractivity contribution in [3.8, 4) is 0 Å². The number of nitrogens with zero attached hydrogens (tertiary/aromatic N) is 3. The first-order valence-corrected chi connectivity index (χ1v) is 9.09. The summed E-state index contributed by atoms with van der Waals surface area (Å²) in [5.41, 5.74) is 2.29. The van der Waals surface area contributed by atoms with Crippen molar-refractivity contribution in [3.05, 3.63) is 84.2 Å². The lowest BCUT2D eigenvalue weighted by Crippen LogP contribution is -2.17. The molecule has 0 atom stereocenters. The number of anilines is 3. The standard InChI is InChI=1S/C22H17N5O3/c1-30-22(29)15-8-2-3-9-16(15)25-21(28)18-11-12-19(27-26-18)24-17-10-4-6-14-7-5-13-23-20(14)17/h2-13H,1H3,(H,24,27)(H,25,28). The van der Waals surface area contributed by atoms with Gasteiger partial charge in [0.05, 0.1) is 29.6 Å². The van der Waals surface area contributed by atoms with Gasteiger partial charge in [0.2, 0.25) is 0 Å². The molecule has 0 bridgehead atoms. The normalized spacial score (nSPS) is 10.4. The Morgan fingerprint density at radius 3 is 2.47 bits per heavy atom. The highest BCUT2D eigenvalue weighted by Gasteiger charge is 2.15. The Hall–Kier alpha value is -4.33. The number of pyridine rings is 1. The fourth-order valence-corrected chi connectivity index (χ4v) is 2.93. The van der Waals surface area contributed by atoms with E-state index < -0.39 is 11.9 Å². The monoisotopic (exact) mass is 399 g/mol. The third-order valence-electron chi connectivity index (χ3n) is 4.37. The summed E-state index contributed by atoms with van der Waals surface area (Å²) in [5.74, 6) is -0.558. The molecule has 2 aromatic heterocycles. The fourth-order valence-electron chi connectivity index (χ4n) is 2.93. The molecule has 1 amide bonds. The molecule has 2 N–H and O–H groups in total. The SMILES string of the molecule is COC(=O)c1ccccc1NC(=O)c1ccc(Nc2cccc3cccnc23)nn1. The van der Waals surface area contributed by atoms with Crippen molar-refractivity contribution in [3.63, 3.8) is 0 Å².